The largest absolute Gasteiger partial charge is 0.394 e. The van der Waals surface area contributed by atoms with Gasteiger partial charge in [-0.2, -0.15) is 10.1 Å². The summed E-state index contributed by atoms with van der Waals surface area (Å²) in [7, 11) is 0. The first-order valence-electron chi connectivity index (χ1n) is 6.44. The first kappa shape index (κ1) is 13.9. The third kappa shape index (κ3) is 3.01. The number of thioether (sulfide) groups is 1. The summed E-state index contributed by atoms with van der Waals surface area (Å²) in [6.07, 6.45) is 3.24. The molecule has 21 heavy (non-hydrogen) atoms. The van der Waals surface area contributed by atoms with Crippen LogP contribution >= 0.6 is 11.8 Å². The molecule has 1 N–H and O–H groups in total. The lowest BCUT2D eigenvalue weighted by atomic mass is 10.1. The van der Waals surface area contributed by atoms with Gasteiger partial charge in [-0.15, -0.1) is 0 Å². The molecule has 3 rings (SSSR count). The van der Waals surface area contributed by atoms with Crippen molar-refractivity contribution in [2.24, 2.45) is 21.0 Å². The summed E-state index contributed by atoms with van der Waals surface area (Å²) in [4.78, 5) is 24.5. The second kappa shape index (κ2) is 6.15. The Morgan fingerprint density at radius 3 is 3.00 bits per heavy atom. The number of fused-ring (bicyclic) bond motifs is 1. The molecule has 1 unspecified atom stereocenters. The van der Waals surface area contributed by atoms with E-state index in [1.807, 2.05) is 18.2 Å². The number of aromatic nitrogens is 1. The van der Waals surface area contributed by atoms with Crippen molar-refractivity contribution in [3.63, 3.8) is 0 Å². The number of nitrogens with zero attached hydrogens (tertiary/aromatic N) is 5. The Balaban J connectivity index is 1.72. The highest BCUT2D eigenvalue weighted by Gasteiger charge is 2.35. The van der Waals surface area contributed by atoms with E-state index in [0.29, 0.717) is 23.3 Å². The number of aliphatic hydroxyl groups is 1. The van der Waals surface area contributed by atoms with Crippen LogP contribution in [0.4, 0.5) is 0 Å². The number of amidine groups is 2. The molecule has 0 aromatic carbocycles. The Morgan fingerprint density at radius 1 is 1.33 bits per heavy atom. The maximum atomic E-state index is 12.0. The van der Waals surface area contributed by atoms with Crippen LogP contribution in [-0.2, 0) is 10.5 Å². The van der Waals surface area contributed by atoms with Gasteiger partial charge < -0.3 is 5.11 Å². The number of aliphatic imine (C=N–C) groups is 2. The van der Waals surface area contributed by atoms with E-state index in [1.54, 1.807) is 11.2 Å². The van der Waals surface area contributed by atoms with Crippen molar-refractivity contribution >= 4 is 34.9 Å². The number of β-amino-alcohol motifs (C(OH)–C–C–N with tert-alkyl or cyclic N) is 1. The maximum Gasteiger partial charge on any atom is 0.264 e. The number of pyridine rings is 1. The number of carbonyl (C=O) groups is 1. The molecule has 0 bridgehead atoms. The number of aliphatic hydroxyl groups excluding tert-OH is 1. The third-order valence-corrected chi connectivity index (χ3v) is 3.85. The monoisotopic (exact) mass is 303 g/mol. The summed E-state index contributed by atoms with van der Waals surface area (Å²) >= 11 is 1.36. The minimum Gasteiger partial charge on any atom is -0.394 e. The van der Waals surface area contributed by atoms with Crippen LogP contribution in [0.5, 0.6) is 0 Å². The maximum absolute atomic E-state index is 12.0. The van der Waals surface area contributed by atoms with Gasteiger partial charge >= 0.3 is 0 Å². The Bertz CT molecular complexity index is 629. The van der Waals surface area contributed by atoms with E-state index in [9.17, 15) is 4.79 Å². The highest BCUT2D eigenvalue weighted by atomic mass is 32.2. The lowest BCUT2D eigenvalue weighted by Crippen LogP contribution is -2.35. The van der Waals surface area contributed by atoms with E-state index in [-0.39, 0.29) is 12.5 Å². The van der Waals surface area contributed by atoms with Crippen molar-refractivity contribution in [1.29, 1.82) is 0 Å². The molecule has 3 heterocycles. The van der Waals surface area contributed by atoms with Crippen molar-refractivity contribution in [1.82, 2.24) is 9.99 Å². The van der Waals surface area contributed by atoms with Crippen molar-refractivity contribution in [3.05, 3.63) is 30.1 Å². The molecule has 0 aliphatic carbocycles. The average Bonchev–Trinajstić information content (AvgIpc) is 2.90. The highest BCUT2D eigenvalue weighted by Crippen LogP contribution is 2.22. The lowest BCUT2D eigenvalue weighted by molar-refractivity contribution is -0.118. The molecule has 0 saturated heterocycles. The molecule has 1 atom stereocenters. The Morgan fingerprint density at radius 2 is 2.24 bits per heavy atom. The quantitative estimate of drug-likeness (QED) is 0.875. The van der Waals surface area contributed by atoms with Crippen LogP contribution in [0.15, 0.2) is 39.5 Å². The Labute approximate surface area is 125 Å². The van der Waals surface area contributed by atoms with Crippen LogP contribution in [0.1, 0.15) is 5.69 Å². The average molecular weight is 303 g/mol. The summed E-state index contributed by atoms with van der Waals surface area (Å²) in [6, 6.07) is 5.67. The second-order valence-corrected chi connectivity index (χ2v) is 5.34. The Hall–Kier alpha value is -2.06. The van der Waals surface area contributed by atoms with E-state index in [4.69, 9.17) is 5.11 Å². The molecule has 0 saturated carbocycles. The molecule has 8 heteroatoms. The summed E-state index contributed by atoms with van der Waals surface area (Å²) in [6.45, 7) is 0.266. The first-order chi connectivity index (χ1) is 10.3. The van der Waals surface area contributed by atoms with Gasteiger partial charge in [-0.1, -0.05) is 17.8 Å². The van der Waals surface area contributed by atoms with E-state index >= 15 is 0 Å². The molecule has 2 aliphatic heterocycles. The molecule has 7 nitrogen and oxygen atoms in total. The van der Waals surface area contributed by atoms with Crippen molar-refractivity contribution < 1.29 is 9.90 Å². The van der Waals surface area contributed by atoms with Crippen LogP contribution in [0.2, 0.25) is 0 Å². The number of hydrazone groups is 1. The van der Waals surface area contributed by atoms with Crippen LogP contribution in [0.3, 0.4) is 0 Å². The van der Waals surface area contributed by atoms with Gasteiger partial charge in [0.25, 0.3) is 5.91 Å². The first-order valence-corrected chi connectivity index (χ1v) is 7.43. The van der Waals surface area contributed by atoms with Gasteiger partial charge in [0.1, 0.15) is 11.8 Å². The van der Waals surface area contributed by atoms with Gasteiger partial charge in [-0.3, -0.25) is 9.78 Å². The highest BCUT2D eigenvalue weighted by molar-refractivity contribution is 8.13. The van der Waals surface area contributed by atoms with E-state index in [0.717, 1.165) is 5.69 Å². The molecular formula is C13H13N5O2S. The van der Waals surface area contributed by atoms with Gasteiger partial charge in [0, 0.05) is 18.2 Å². The topological polar surface area (TPSA) is 90.5 Å². The lowest BCUT2D eigenvalue weighted by Gasteiger charge is -2.19. The van der Waals surface area contributed by atoms with Gasteiger partial charge in [0.2, 0.25) is 0 Å². The number of carbonyl (C=O) groups excluding carboxylic acids is 1. The number of hydrogen-bond donors (Lipinski definition) is 1. The molecule has 1 aromatic heterocycles. The molecule has 1 aromatic rings. The SMILES string of the molecule is O=C1N=C(SCc2ccccn2)N=C2C1C=NN2CCO. The summed E-state index contributed by atoms with van der Waals surface area (Å²) in [5, 5.41) is 15.0. The van der Waals surface area contributed by atoms with Gasteiger partial charge in [0.05, 0.1) is 18.8 Å². The van der Waals surface area contributed by atoms with Gasteiger partial charge in [-0.25, -0.2) is 10.0 Å². The zero-order valence-electron chi connectivity index (χ0n) is 11.1. The zero-order chi connectivity index (χ0) is 14.7. The molecule has 1 amide bonds. The van der Waals surface area contributed by atoms with E-state index < -0.39 is 5.92 Å². The number of hydrogen-bond acceptors (Lipinski definition) is 7. The minimum absolute atomic E-state index is 0.0508. The molecule has 2 aliphatic rings. The van der Waals surface area contributed by atoms with E-state index in [1.165, 1.54) is 18.0 Å². The third-order valence-electron chi connectivity index (χ3n) is 2.97. The number of rotatable bonds is 4. The molecule has 0 fully saturated rings. The fraction of sp³-hybridized carbons (Fsp3) is 0.308. The molecular weight excluding hydrogens is 290 g/mol. The smallest absolute Gasteiger partial charge is 0.264 e. The van der Waals surface area contributed by atoms with Crippen LogP contribution in [0, 0.1) is 5.92 Å². The van der Waals surface area contributed by atoms with Crippen LogP contribution in [-0.4, -0.2) is 51.4 Å². The number of amides is 1. The van der Waals surface area contributed by atoms with Crippen LogP contribution < -0.4 is 0 Å². The van der Waals surface area contributed by atoms with Crippen molar-refractivity contribution in [2.45, 2.75) is 5.75 Å². The predicted molar refractivity (Wildman–Crippen MR) is 81.2 cm³/mol. The van der Waals surface area contributed by atoms with Gasteiger partial charge in [-0.05, 0) is 12.1 Å². The van der Waals surface area contributed by atoms with E-state index in [2.05, 4.69) is 20.1 Å². The minimum atomic E-state index is -0.518. The van der Waals surface area contributed by atoms with Crippen molar-refractivity contribution in [3.8, 4) is 0 Å². The predicted octanol–water partition coefficient (Wildman–Crippen LogP) is 0.519. The van der Waals surface area contributed by atoms with Crippen LogP contribution in [0.25, 0.3) is 0 Å². The van der Waals surface area contributed by atoms with Gasteiger partial charge in [0.15, 0.2) is 5.17 Å². The summed E-state index contributed by atoms with van der Waals surface area (Å²) in [5.74, 6) is 0.339. The second-order valence-electron chi connectivity index (χ2n) is 4.40. The summed E-state index contributed by atoms with van der Waals surface area (Å²) in [5.41, 5.74) is 0.898. The fourth-order valence-corrected chi connectivity index (χ4v) is 2.74. The standard InChI is InChI=1S/C13H13N5O2S/c19-6-5-18-11-10(7-15-18)12(20)17-13(16-11)21-8-9-3-1-2-4-14-9/h1-4,7,10,19H,5-6,8H2. The normalized spacial score (nSPS) is 20.3. The molecule has 0 spiro atoms. The molecule has 0 radical (unpaired) electrons. The van der Waals surface area contributed by atoms with Crippen molar-refractivity contribution in [2.75, 3.05) is 13.2 Å². The Kier molecular flexibility index (Phi) is 4.07. The zero-order valence-corrected chi connectivity index (χ0v) is 11.9. The summed E-state index contributed by atoms with van der Waals surface area (Å²) < 4.78 is 0. The molecule has 108 valence electrons. The fourth-order valence-electron chi connectivity index (χ4n) is 1.98.